The van der Waals surface area contributed by atoms with E-state index in [1.807, 2.05) is 32.0 Å². The molecule has 8 heteroatoms. The number of carbonyl (C=O) groups is 1. The second-order valence-electron chi connectivity index (χ2n) is 5.15. The molecule has 2 rings (SSSR count). The normalized spacial score (nSPS) is 13.5. The van der Waals surface area contributed by atoms with Crippen LogP contribution in [0.3, 0.4) is 0 Å². The number of oxazole rings is 1. The summed E-state index contributed by atoms with van der Waals surface area (Å²) in [5.74, 6) is 0.0280. The molecule has 4 nitrogen and oxygen atoms in total. The third kappa shape index (κ3) is 4.95. The quantitative estimate of drug-likeness (QED) is 0.460. The third-order valence-electron chi connectivity index (χ3n) is 2.68. The Morgan fingerprint density at radius 1 is 1.36 bits per heavy atom. The molecule has 0 unspecified atom stereocenters. The number of benzene rings is 1. The lowest BCUT2D eigenvalue weighted by atomic mass is 10.1. The van der Waals surface area contributed by atoms with E-state index in [1.54, 1.807) is 6.07 Å². The summed E-state index contributed by atoms with van der Waals surface area (Å²) in [6.45, 7) is 3.88. The molecular weight excluding hydrogens is 367 g/mol. The first-order chi connectivity index (χ1) is 10.3. The van der Waals surface area contributed by atoms with Crippen molar-refractivity contribution in [1.82, 2.24) is 10.3 Å². The zero-order valence-corrected chi connectivity index (χ0v) is 15.1. The van der Waals surface area contributed by atoms with Crippen LogP contribution in [0.5, 0.6) is 0 Å². The minimum Gasteiger partial charge on any atom is -0.431 e. The number of nitrogens with one attached hydrogen (secondary N) is 1. The summed E-state index contributed by atoms with van der Waals surface area (Å²) >= 11 is 18.9. The van der Waals surface area contributed by atoms with E-state index in [9.17, 15) is 4.79 Å². The van der Waals surface area contributed by atoms with Crippen LogP contribution in [0, 0.1) is 5.92 Å². The molecule has 0 spiro atoms. The minimum atomic E-state index is -1.68. The van der Waals surface area contributed by atoms with Gasteiger partial charge < -0.3 is 9.73 Å². The molecule has 0 bridgehead atoms. The van der Waals surface area contributed by atoms with E-state index >= 15 is 0 Å². The molecule has 1 heterocycles. The van der Waals surface area contributed by atoms with Crippen LogP contribution in [-0.2, 0) is 4.79 Å². The Morgan fingerprint density at radius 2 is 2.05 bits per heavy atom. The number of alkyl halides is 3. The number of halogens is 3. The SMILES string of the molecule is CC(C)CC(=O)N[C@@H](Sc1nc2ccccc2o1)C(Cl)(Cl)Cl. The lowest BCUT2D eigenvalue weighted by Gasteiger charge is -2.23. The molecule has 0 saturated carbocycles. The largest absolute Gasteiger partial charge is 0.431 e. The van der Waals surface area contributed by atoms with Gasteiger partial charge in [0.15, 0.2) is 5.58 Å². The molecule has 2 aromatic rings. The van der Waals surface area contributed by atoms with Crippen LogP contribution >= 0.6 is 46.6 Å². The number of fused-ring (bicyclic) bond motifs is 1. The van der Waals surface area contributed by atoms with Crippen molar-refractivity contribution in [2.24, 2.45) is 5.92 Å². The fourth-order valence-corrected chi connectivity index (χ4v) is 3.14. The number of nitrogens with zero attached hydrogens (tertiary/aromatic N) is 1. The highest BCUT2D eigenvalue weighted by Gasteiger charge is 2.36. The Kier molecular flexibility index (Phi) is 5.88. The number of aromatic nitrogens is 1. The topological polar surface area (TPSA) is 55.1 Å². The smallest absolute Gasteiger partial charge is 0.258 e. The van der Waals surface area contributed by atoms with Crippen molar-refractivity contribution in [2.75, 3.05) is 0 Å². The van der Waals surface area contributed by atoms with Crippen molar-refractivity contribution in [3.8, 4) is 0 Å². The van der Waals surface area contributed by atoms with Gasteiger partial charge in [0.2, 0.25) is 9.70 Å². The number of rotatable bonds is 5. The van der Waals surface area contributed by atoms with Crippen molar-refractivity contribution in [3.05, 3.63) is 24.3 Å². The van der Waals surface area contributed by atoms with Crippen molar-refractivity contribution >= 4 is 63.6 Å². The predicted octanol–water partition coefficient (Wildman–Crippen LogP) is 4.78. The van der Waals surface area contributed by atoms with Gasteiger partial charge in [0.25, 0.3) is 5.22 Å². The molecule has 0 saturated heterocycles. The Hall–Kier alpha value is -0.620. The fourth-order valence-electron chi connectivity index (χ4n) is 1.76. The van der Waals surface area contributed by atoms with Crippen LogP contribution in [0.25, 0.3) is 11.1 Å². The zero-order chi connectivity index (χ0) is 16.3. The van der Waals surface area contributed by atoms with Crippen molar-refractivity contribution < 1.29 is 9.21 Å². The molecule has 1 amide bonds. The molecule has 1 atom stereocenters. The average molecular weight is 382 g/mol. The molecule has 1 aromatic carbocycles. The van der Waals surface area contributed by atoms with Gasteiger partial charge in [-0.15, -0.1) is 0 Å². The number of para-hydroxylation sites is 2. The van der Waals surface area contributed by atoms with Crippen molar-refractivity contribution in [2.45, 2.75) is 34.7 Å². The Morgan fingerprint density at radius 3 is 2.64 bits per heavy atom. The summed E-state index contributed by atoms with van der Waals surface area (Å²) in [4.78, 5) is 16.2. The van der Waals surface area contributed by atoms with Crippen LogP contribution in [-0.4, -0.2) is 20.1 Å². The highest BCUT2D eigenvalue weighted by molar-refractivity contribution is 8.00. The van der Waals surface area contributed by atoms with Crippen LogP contribution in [0.2, 0.25) is 0 Å². The summed E-state index contributed by atoms with van der Waals surface area (Å²) in [5, 5.41) is 2.25. The van der Waals surface area contributed by atoms with Crippen LogP contribution in [0.1, 0.15) is 20.3 Å². The van der Waals surface area contributed by atoms with E-state index in [0.29, 0.717) is 22.7 Å². The molecule has 1 aromatic heterocycles. The fraction of sp³-hybridized carbons (Fsp3) is 0.429. The summed E-state index contributed by atoms with van der Waals surface area (Å²) < 4.78 is 3.90. The van der Waals surface area contributed by atoms with E-state index in [2.05, 4.69) is 10.3 Å². The first kappa shape index (κ1) is 17.7. The number of thioether (sulfide) groups is 1. The Labute approximate surface area is 147 Å². The maximum absolute atomic E-state index is 11.9. The number of carbonyl (C=O) groups excluding carboxylic acids is 1. The molecule has 1 N–H and O–H groups in total. The molecule has 22 heavy (non-hydrogen) atoms. The van der Waals surface area contributed by atoms with Crippen LogP contribution < -0.4 is 5.32 Å². The van der Waals surface area contributed by atoms with Gasteiger partial charge >= 0.3 is 0 Å². The van der Waals surface area contributed by atoms with E-state index in [0.717, 1.165) is 11.8 Å². The maximum Gasteiger partial charge on any atom is 0.258 e. The van der Waals surface area contributed by atoms with Gasteiger partial charge in [-0.25, -0.2) is 4.98 Å². The lowest BCUT2D eigenvalue weighted by molar-refractivity contribution is -0.121. The summed E-state index contributed by atoms with van der Waals surface area (Å²) in [6.07, 6.45) is 0.353. The van der Waals surface area contributed by atoms with E-state index in [-0.39, 0.29) is 11.8 Å². The molecule has 120 valence electrons. The first-order valence-corrected chi connectivity index (χ1v) is 8.65. The number of hydrogen-bond acceptors (Lipinski definition) is 4. The Bertz CT molecular complexity index is 622. The highest BCUT2D eigenvalue weighted by atomic mass is 35.6. The third-order valence-corrected chi connectivity index (χ3v) is 4.80. The summed E-state index contributed by atoms with van der Waals surface area (Å²) in [5.41, 5.74) is 1.35. The molecule has 0 aliphatic rings. The van der Waals surface area contributed by atoms with E-state index in [1.165, 1.54) is 0 Å². The van der Waals surface area contributed by atoms with E-state index < -0.39 is 9.17 Å². The highest BCUT2D eigenvalue weighted by Crippen LogP contribution is 2.39. The van der Waals surface area contributed by atoms with Gasteiger partial charge in [-0.2, -0.15) is 0 Å². The number of hydrogen-bond donors (Lipinski definition) is 1. The van der Waals surface area contributed by atoms with Gasteiger partial charge in [-0.1, -0.05) is 60.8 Å². The van der Waals surface area contributed by atoms with Gasteiger partial charge in [-0.05, 0) is 29.8 Å². The molecule has 0 aliphatic heterocycles. The van der Waals surface area contributed by atoms with E-state index in [4.69, 9.17) is 39.2 Å². The molecular formula is C14H15Cl3N2O2S. The molecule has 0 radical (unpaired) electrons. The predicted molar refractivity (Wildman–Crippen MR) is 91.5 cm³/mol. The number of amides is 1. The standard InChI is InChI=1S/C14H15Cl3N2O2S/c1-8(2)7-11(20)19-12(14(15,16)17)22-13-18-9-5-3-4-6-10(9)21-13/h3-6,8,12H,7H2,1-2H3,(H,19,20)/t12-/m0/s1. The zero-order valence-electron chi connectivity index (χ0n) is 12.0. The Balaban J connectivity index is 2.14. The van der Waals surface area contributed by atoms with Gasteiger partial charge in [-0.3, -0.25) is 4.79 Å². The second kappa shape index (κ2) is 7.30. The first-order valence-electron chi connectivity index (χ1n) is 6.64. The molecule has 0 fully saturated rings. The van der Waals surface area contributed by atoms with Crippen LogP contribution in [0.15, 0.2) is 33.9 Å². The monoisotopic (exact) mass is 380 g/mol. The van der Waals surface area contributed by atoms with Crippen LogP contribution in [0.4, 0.5) is 0 Å². The van der Waals surface area contributed by atoms with Gasteiger partial charge in [0.1, 0.15) is 10.9 Å². The van der Waals surface area contributed by atoms with Gasteiger partial charge in [0, 0.05) is 6.42 Å². The minimum absolute atomic E-state index is 0.185. The second-order valence-corrected chi connectivity index (χ2v) is 8.58. The van der Waals surface area contributed by atoms with Crippen molar-refractivity contribution in [1.29, 1.82) is 0 Å². The average Bonchev–Trinajstić information content (AvgIpc) is 2.78. The summed E-state index contributed by atoms with van der Waals surface area (Å²) in [6, 6.07) is 7.33. The van der Waals surface area contributed by atoms with Crippen molar-refractivity contribution in [3.63, 3.8) is 0 Å². The lowest BCUT2D eigenvalue weighted by Crippen LogP contribution is -2.41. The maximum atomic E-state index is 11.9. The summed E-state index contributed by atoms with van der Waals surface area (Å²) in [7, 11) is 0. The molecule has 0 aliphatic carbocycles. The van der Waals surface area contributed by atoms with Gasteiger partial charge in [0.05, 0.1) is 0 Å².